The van der Waals surface area contributed by atoms with Crippen LogP contribution in [-0.4, -0.2) is 45.1 Å². The lowest BCUT2D eigenvalue weighted by Crippen LogP contribution is -2.46. The van der Waals surface area contributed by atoms with E-state index in [-0.39, 0.29) is 23.9 Å². The zero-order valence-corrected chi connectivity index (χ0v) is 16.9. The molecule has 2 aromatic heterocycles. The van der Waals surface area contributed by atoms with Gasteiger partial charge < -0.3 is 14.2 Å². The fourth-order valence-electron chi connectivity index (χ4n) is 4.85. The number of aromatic nitrogens is 3. The van der Waals surface area contributed by atoms with E-state index < -0.39 is 0 Å². The summed E-state index contributed by atoms with van der Waals surface area (Å²) < 4.78 is 10.9. The van der Waals surface area contributed by atoms with Gasteiger partial charge in [-0.05, 0) is 55.5 Å². The molecule has 1 amide bonds. The highest BCUT2D eigenvalue weighted by atomic mass is 16.5. The summed E-state index contributed by atoms with van der Waals surface area (Å²) in [6, 6.07) is 12.0. The van der Waals surface area contributed by atoms with E-state index in [0.29, 0.717) is 18.1 Å². The molecule has 2 bridgehead atoms. The number of piperidine rings is 1. The van der Waals surface area contributed by atoms with Gasteiger partial charge in [0.25, 0.3) is 0 Å². The molecule has 4 heterocycles. The van der Waals surface area contributed by atoms with Crippen molar-refractivity contribution in [2.24, 2.45) is 0 Å². The number of methoxy groups -OCH3 is 1. The molecule has 2 aliphatic heterocycles. The monoisotopic (exact) mass is 404 g/mol. The molecule has 2 atom stereocenters. The molecular formula is C23H24N4O3. The van der Waals surface area contributed by atoms with Gasteiger partial charge in [-0.3, -0.25) is 9.78 Å². The van der Waals surface area contributed by atoms with E-state index in [9.17, 15) is 4.79 Å². The maximum Gasteiger partial charge on any atom is 0.230 e. The van der Waals surface area contributed by atoms with E-state index in [1.54, 1.807) is 19.5 Å². The lowest BCUT2D eigenvalue weighted by atomic mass is 9.90. The quantitative estimate of drug-likeness (QED) is 0.646. The van der Waals surface area contributed by atoms with Crippen LogP contribution in [0.3, 0.4) is 0 Å². The van der Waals surface area contributed by atoms with Crippen LogP contribution in [0.5, 0.6) is 5.75 Å². The Hall–Kier alpha value is -3.22. The highest BCUT2D eigenvalue weighted by Crippen LogP contribution is 2.43. The molecular weight excluding hydrogens is 380 g/mol. The van der Waals surface area contributed by atoms with Gasteiger partial charge in [-0.15, -0.1) is 0 Å². The summed E-state index contributed by atoms with van der Waals surface area (Å²) in [6.45, 7) is 0. The molecule has 7 heteroatoms. The maximum atomic E-state index is 13.1. The van der Waals surface area contributed by atoms with Crippen molar-refractivity contribution in [1.82, 2.24) is 20.0 Å². The van der Waals surface area contributed by atoms with Crippen LogP contribution in [0.25, 0.3) is 11.4 Å². The second-order valence-electron chi connectivity index (χ2n) is 8.07. The molecule has 2 fully saturated rings. The summed E-state index contributed by atoms with van der Waals surface area (Å²) in [7, 11) is 1.64. The predicted octanol–water partition coefficient (Wildman–Crippen LogP) is 3.62. The SMILES string of the molecule is COc1cccc(CC(=O)N2C3CCC2CC(c2nc(-c4ccncc4)no2)C3)c1. The number of hydrogen-bond donors (Lipinski definition) is 0. The number of carbonyl (C=O) groups excluding carboxylic acids is 1. The van der Waals surface area contributed by atoms with Crippen LogP contribution in [0.15, 0.2) is 53.3 Å². The molecule has 154 valence electrons. The molecule has 2 saturated heterocycles. The van der Waals surface area contributed by atoms with Crippen LogP contribution in [-0.2, 0) is 11.2 Å². The molecule has 0 spiro atoms. The second kappa shape index (κ2) is 7.89. The predicted molar refractivity (Wildman–Crippen MR) is 110 cm³/mol. The zero-order chi connectivity index (χ0) is 20.5. The largest absolute Gasteiger partial charge is 0.497 e. The molecule has 1 aromatic carbocycles. The van der Waals surface area contributed by atoms with Gasteiger partial charge in [0.15, 0.2) is 0 Å². The van der Waals surface area contributed by atoms with Crippen molar-refractivity contribution in [2.45, 2.75) is 50.1 Å². The van der Waals surface area contributed by atoms with Crippen molar-refractivity contribution >= 4 is 5.91 Å². The van der Waals surface area contributed by atoms with Crippen molar-refractivity contribution in [2.75, 3.05) is 7.11 Å². The molecule has 0 aliphatic carbocycles. The highest BCUT2D eigenvalue weighted by molar-refractivity contribution is 5.80. The molecule has 0 saturated carbocycles. The Kier molecular flexibility index (Phi) is 4.94. The summed E-state index contributed by atoms with van der Waals surface area (Å²) >= 11 is 0. The Labute approximate surface area is 175 Å². The topological polar surface area (TPSA) is 81.4 Å². The van der Waals surface area contributed by atoms with Gasteiger partial charge in [-0.2, -0.15) is 4.98 Å². The lowest BCUT2D eigenvalue weighted by molar-refractivity contribution is -0.135. The Bertz CT molecular complexity index is 1020. The number of hydrogen-bond acceptors (Lipinski definition) is 6. The van der Waals surface area contributed by atoms with Crippen LogP contribution in [0.1, 0.15) is 43.1 Å². The molecule has 5 rings (SSSR count). The van der Waals surface area contributed by atoms with Crippen LogP contribution in [0.2, 0.25) is 0 Å². The van der Waals surface area contributed by atoms with Gasteiger partial charge in [-0.1, -0.05) is 17.3 Å². The van der Waals surface area contributed by atoms with Crippen LogP contribution >= 0.6 is 0 Å². The average Bonchev–Trinajstić information content (AvgIpc) is 3.37. The van der Waals surface area contributed by atoms with Crippen LogP contribution in [0.4, 0.5) is 0 Å². The third-order valence-electron chi connectivity index (χ3n) is 6.24. The summed E-state index contributed by atoms with van der Waals surface area (Å²) in [5.74, 6) is 2.45. The first-order valence-electron chi connectivity index (χ1n) is 10.4. The van der Waals surface area contributed by atoms with Gasteiger partial charge >= 0.3 is 0 Å². The minimum Gasteiger partial charge on any atom is -0.497 e. The Balaban J connectivity index is 1.28. The molecule has 0 N–H and O–H groups in total. The van der Waals surface area contributed by atoms with E-state index in [0.717, 1.165) is 42.6 Å². The van der Waals surface area contributed by atoms with Crippen molar-refractivity contribution in [3.8, 4) is 17.1 Å². The molecule has 2 aliphatic rings. The molecule has 3 aromatic rings. The number of fused-ring (bicyclic) bond motifs is 2. The van der Waals surface area contributed by atoms with Crippen LogP contribution < -0.4 is 4.74 Å². The number of nitrogens with zero attached hydrogens (tertiary/aromatic N) is 4. The first-order chi connectivity index (χ1) is 14.7. The first-order valence-corrected chi connectivity index (χ1v) is 10.4. The number of ether oxygens (including phenoxy) is 1. The standard InChI is InChI=1S/C23H24N4O3/c1-29-20-4-2-3-15(11-20)12-21(28)27-18-5-6-19(27)14-17(13-18)23-25-22(26-30-23)16-7-9-24-10-8-16/h2-4,7-11,17-19H,5-6,12-14H2,1H3. The van der Waals surface area contributed by atoms with Crippen molar-refractivity contribution in [3.63, 3.8) is 0 Å². The minimum atomic E-state index is 0.192. The van der Waals surface area contributed by atoms with Crippen molar-refractivity contribution in [1.29, 1.82) is 0 Å². The molecule has 7 nitrogen and oxygen atoms in total. The van der Waals surface area contributed by atoms with E-state index in [2.05, 4.69) is 20.0 Å². The average molecular weight is 404 g/mol. The van der Waals surface area contributed by atoms with Gasteiger partial charge in [-0.25, -0.2) is 0 Å². The smallest absolute Gasteiger partial charge is 0.230 e. The summed E-state index contributed by atoms with van der Waals surface area (Å²) in [5, 5.41) is 4.15. The van der Waals surface area contributed by atoms with Crippen LogP contribution in [0, 0.1) is 0 Å². The number of benzene rings is 1. The number of pyridine rings is 1. The Morgan fingerprint density at radius 3 is 2.67 bits per heavy atom. The van der Waals surface area contributed by atoms with E-state index in [1.165, 1.54) is 0 Å². The number of rotatable bonds is 5. The third-order valence-corrected chi connectivity index (χ3v) is 6.24. The summed E-state index contributed by atoms with van der Waals surface area (Å²) in [6.07, 6.45) is 7.67. The number of amides is 1. The molecule has 2 unspecified atom stereocenters. The van der Waals surface area contributed by atoms with Gasteiger partial charge in [0, 0.05) is 36.0 Å². The highest BCUT2D eigenvalue weighted by Gasteiger charge is 2.44. The van der Waals surface area contributed by atoms with E-state index >= 15 is 0 Å². The fourth-order valence-corrected chi connectivity index (χ4v) is 4.85. The van der Waals surface area contributed by atoms with E-state index in [4.69, 9.17) is 9.26 Å². The van der Waals surface area contributed by atoms with Gasteiger partial charge in [0.05, 0.1) is 13.5 Å². The Morgan fingerprint density at radius 2 is 1.93 bits per heavy atom. The Morgan fingerprint density at radius 1 is 1.17 bits per heavy atom. The lowest BCUT2D eigenvalue weighted by Gasteiger charge is -2.38. The maximum absolute atomic E-state index is 13.1. The molecule has 0 radical (unpaired) electrons. The van der Waals surface area contributed by atoms with E-state index in [1.807, 2.05) is 36.4 Å². The third kappa shape index (κ3) is 3.56. The second-order valence-corrected chi connectivity index (χ2v) is 8.07. The van der Waals surface area contributed by atoms with Crippen molar-refractivity contribution in [3.05, 3.63) is 60.2 Å². The van der Waals surface area contributed by atoms with Crippen molar-refractivity contribution < 1.29 is 14.1 Å². The normalized spacial score (nSPS) is 22.8. The zero-order valence-electron chi connectivity index (χ0n) is 16.9. The summed E-state index contributed by atoms with van der Waals surface area (Å²) in [4.78, 5) is 23.9. The number of carbonyl (C=O) groups is 1. The fraction of sp³-hybridized carbons (Fsp3) is 0.391. The van der Waals surface area contributed by atoms with Gasteiger partial charge in [0.1, 0.15) is 5.75 Å². The van der Waals surface area contributed by atoms with Gasteiger partial charge in [0.2, 0.25) is 17.6 Å². The summed E-state index contributed by atoms with van der Waals surface area (Å²) in [5.41, 5.74) is 1.88. The first kappa shape index (κ1) is 18.8. The molecule has 30 heavy (non-hydrogen) atoms. The minimum absolute atomic E-state index is 0.192.